The minimum Gasteiger partial charge on any atom is -0.478 e. The van der Waals surface area contributed by atoms with Gasteiger partial charge in [-0.25, -0.2) is 22.0 Å². The first kappa shape index (κ1) is 22.7. The first-order chi connectivity index (χ1) is 15.5. The second-order valence-electron chi connectivity index (χ2n) is 8.72. The van der Waals surface area contributed by atoms with Gasteiger partial charge in [0.15, 0.2) is 0 Å². The summed E-state index contributed by atoms with van der Waals surface area (Å²) in [6.45, 7) is 3.97. The maximum atomic E-state index is 14.5. The first-order valence-corrected chi connectivity index (χ1v) is 11.7. The maximum Gasteiger partial charge on any atom is 0.335 e. The fourth-order valence-corrected chi connectivity index (χ4v) is 5.22. The van der Waals surface area contributed by atoms with Crippen LogP contribution in [0.5, 0.6) is 0 Å². The highest BCUT2D eigenvalue weighted by molar-refractivity contribution is 7.92. The van der Waals surface area contributed by atoms with Crippen LogP contribution < -0.4 is 10.0 Å². The number of aromatic carboxylic acids is 1. The lowest BCUT2D eigenvalue weighted by Gasteiger charge is -2.41. The van der Waals surface area contributed by atoms with Gasteiger partial charge < -0.3 is 10.4 Å². The highest BCUT2D eigenvalue weighted by Crippen LogP contribution is 2.45. The van der Waals surface area contributed by atoms with E-state index in [1.807, 2.05) is 13.8 Å². The van der Waals surface area contributed by atoms with Gasteiger partial charge in [-0.15, -0.1) is 0 Å². The molecule has 0 bridgehead atoms. The molecule has 0 radical (unpaired) electrons. The van der Waals surface area contributed by atoms with Crippen molar-refractivity contribution in [3.05, 3.63) is 89.0 Å². The molecule has 3 aromatic carbocycles. The summed E-state index contributed by atoms with van der Waals surface area (Å²) in [4.78, 5) is 11.0. The van der Waals surface area contributed by atoms with Crippen molar-refractivity contribution < 1.29 is 27.1 Å². The Bertz CT molecular complexity index is 1360. The van der Waals surface area contributed by atoms with Crippen LogP contribution in [-0.2, 0) is 16.4 Å². The van der Waals surface area contributed by atoms with E-state index in [9.17, 15) is 27.1 Å². The maximum absolute atomic E-state index is 14.5. The summed E-state index contributed by atoms with van der Waals surface area (Å²) in [5.41, 5.74) is 1.80. The molecule has 0 aromatic heterocycles. The van der Waals surface area contributed by atoms with Crippen molar-refractivity contribution in [3.8, 4) is 0 Å². The lowest BCUT2D eigenvalue weighted by atomic mass is 9.72. The molecule has 0 spiro atoms. The van der Waals surface area contributed by atoms with Crippen molar-refractivity contribution in [1.82, 2.24) is 0 Å². The minimum absolute atomic E-state index is 0.195. The molecule has 1 aliphatic heterocycles. The van der Waals surface area contributed by atoms with Crippen molar-refractivity contribution in [3.63, 3.8) is 0 Å². The van der Waals surface area contributed by atoms with Crippen LogP contribution >= 0.6 is 0 Å². The van der Waals surface area contributed by atoms with Crippen LogP contribution in [0.1, 0.15) is 41.4 Å². The van der Waals surface area contributed by atoms with E-state index in [1.165, 1.54) is 30.3 Å². The summed E-state index contributed by atoms with van der Waals surface area (Å²) >= 11 is 0. The molecular weight excluding hydrogens is 450 g/mol. The van der Waals surface area contributed by atoms with Gasteiger partial charge in [-0.05, 0) is 71.5 Å². The predicted molar refractivity (Wildman–Crippen MR) is 121 cm³/mol. The zero-order valence-corrected chi connectivity index (χ0v) is 18.7. The van der Waals surface area contributed by atoms with E-state index < -0.39 is 33.0 Å². The normalized spacial score (nSPS) is 17.0. The molecule has 6 nitrogen and oxygen atoms in total. The van der Waals surface area contributed by atoms with Crippen LogP contribution in [-0.4, -0.2) is 19.5 Å². The molecule has 4 rings (SSSR count). The van der Waals surface area contributed by atoms with E-state index >= 15 is 0 Å². The Morgan fingerprint density at radius 1 is 1.09 bits per heavy atom. The van der Waals surface area contributed by atoms with Crippen LogP contribution in [0.3, 0.4) is 0 Å². The average Bonchev–Trinajstić information content (AvgIpc) is 2.73. The Morgan fingerprint density at radius 2 is 1.85 bits per heavy atom. The monoisotopic (exact) mass is 472 g/mol. The predicted octanol–water partition coefficient (Wildman–Crippen LogP) is 5.20. The topological polar surface area (TPSA) is 95.5 Å². The third kappa shape index (κ3) is 4.54. The van der Waals surface area contributed by atoms with Crippen molar-refractivity contribution in [2.45, 2.75) is 31.2 Å². The van der Waals surface area contributed by atoms with Crippen molar-refractivity contribution >= 4 is 27.4 Å². The fourth-order valence-electron chi connectivity index (χ4n) is 4.13. The summed E-state index contributed by atoms with van der Waals surface area (Å²) in [7, 11) is -4.20. The zero-order valence-electron chi connectivity index (χ0n) is 17.9. The zero-order chi connectivity index (χ0) is 24.0. The van der Waals surface area contributed by atoms with Crippen molar-refractivity contribution in [1.29, 1.82) is 0 Å². The Hall–Kier alpha value is -3.46. The second-order valence-corrected chi connectivity index (χ2v) is 10.4. The number of nitrogens with one attached hydrogen (secondary N) is 2. The number of carboxylic acid groups (broad SMARTS) is 1. The summed E-state index contributed by atoms with van der Waals surface area (Å²) in [5.74, 6) is -2.49. The molecular formula is C24H22F2N2O4S. The van der Waals surface area contributed by atoms with Gasteiger partial charge >= 0.3 is 5.97 Å². The molecule has 3 N–H and O–H groups in total. The number of rotatable bonds is 5. The van der Waals surface area contributed by atoms with Crippen LogP contribution in [0.15, 0.2) is 65.6 Å². The number of carbonyl (C=O) groups is 1. The lowest BCUT2D eigenvalue weighted by molar-refractivity contribution is 0.0696. The van der Waals surface area contributed by atoms with E-state index in [0.29, 0.717) is 12.0 Å². The Labute approximate surface area is 190 Å². The highest BCUT2D eigenvalue weighted by atomic mass is 32.2. The third-order valence-corrected chi connectivity index (χ3v) is 7.12. The van der Waals surface area contributed by atoms with E-state index in [-0.39, 0.29) is 22.2 Å². The largest absolute Gasteiger partial charge is 0.478 e. The molecule has 3 aromatic rings. The molecule has 33 heavy (non-hydrogen) atoms. The summed E-state index contributed by atoms with van der Waals surface area (Å²) < 4.78 is 55.6. The van der Waals surface area contributed by atoms with E-state index in [2.05, 4.69) is 10.0 Å². The number of anilines is 2. The summed E-state index contributed by atoms with van der Waals surface area (Å²) in [6.07, 6.45) is 0.558. The van der Waals surface area contributed by atoms with Crippen LogP contribution in [0.4, 0.5) is 20.2 Å². The number of sulfonamides is 1. The molecule has 1 heterocycles. The Balaban J connectivity index is 1.68. The van der Waals surface area contributed by atoms with Gasteiger partial charge in [0.05, 0.1) is 22.2 Å². The molecule has 172 valence electrons. The van der Waals surface area contributed by atoms with Gasteiger partial charge in [0.2, 0.25) is 0 Å². The number of hydrogen-bond acceptors (Lipinski definition) is 4. The Morgan fingerprint density at radius 3 is 2.55 bits per heavy atom. The number of halogens is 2. The molecule has 0 saturated carbocycles. The van der Waals surface area contributed by atoms with Gasteiger partial charge in [0, 0.05) is 5.69 Å². The van der Waals surface area contributed by atoms with Gasteiger partial charge in [0.1, 0.15) is 11.6 Å². The summed E-state index contributed by atoms with van der Waals surface area (Å²) in [6, 6.07) is 13.2. The molecule has 0 aliphatic carbocycles. The van der Waals surface area contributed by atoms with Crippen LogP contribution in [0, 0.1) is 17.0 Å². The number of hydrogen-bond donors (Lipinski definition) is 3. The van der Waals surface area contributed by atoms with Gasteiger partial charge in [-0.3, -0.25) is 4.72 Å². The quantitative estimate of drug-likeness (QED) is 0.475. The van der Waals surface area contributed by atoms with Crippen LogP contribution in [0.2, 0.25) is 0 Å². The van der Waals surface area contributed by atoms with Gasteiger partial charge in [0.25, 0.3) is 10.0 Å². The number of benzene rings is 3. The van der Waals surface area contributed by atoms with Crippen molar-refractivity contribution in [2.24, 2.45) is 5.41 Å². The molecule has 9 heteroatoms. The molecule has 1 unspecified atom stereocenters. The van der Waals surface area contributed by atoms with E-state index in [0.717, 1.165) is 23.4 Å². The van der Waals surface area contributed by atoms with Crippen molar-refractivity contribution in [2.75, 3.05) is 10.0 Å². The molecule has 0 amide bonds. The Kier molecular flexibility index (Phi) is 5.61. The number of fused-ring (bicyclic) bond motifs is 1. The molecule has 1 atom stereocenters. The van der Waals surface area contributed by atoms with Gasteiger partial charge in [-0.1, -0.05) is 26.0 Å². The van der Waals surface area contributed by atoms with E-state index in [1.54, 1.807) is 18.2 Å². The average molecular weight is 473 g/mol. The highest BCUT2D eigenvalue weighted by Gasteiger charge is 2.36. The van der Waals surface area contributed by atoms with Crippen LogP contribution in [0.25, 0.3) is 0 Å². The smallest absolute Gasteiger partial charge is 0.335 e. The van der Waals surface area contributed by atoms with Gasteiger partial charge in [-0.2, -0.15) is 0 Å². The minimum atomic E-state index is -4.20. The molecule has 0 fully saturated rings. The number of carboxylic acids is 1. The SMILES string of the molecule is CC1(C)Cc2cc(C(=O)O)ccc2NC1c1ccc(F)c(NS(=O)(=O)c2cccc(F)c2)c1. The molecule has 0 saturated heterocycles. The first-order valence-electron chi connectivity index (χ1n) is 10.2. The summed E-state index contributed by atoms with van der Waals surface area (Å²) in [5, 5.41) is 12.6. The van der Waals surface area contributed by atoms with E-state index in [4.69, 9.17) is 0 Å². The molecule has 1 aliphatic rings. The second kappa shape index (κ2) is 8.15. The standard InChI is InChI=1S/C24H22F2N2O4S/c1-24(2)13-16-10-15(23(29)30)7-9-20(16)27-22(24)14-6-8-19(26)21(11-14)28-33(31,32)18-5-3-4-17(25)12-18/h3-12,22,27-28H,13H2,1-2H3,(H,29,30). The lowest BCUT2D eigenvalue weighted by Crippen LogP contribution is -2.35. The third-order valence-electron chi connectivity index (χ3n) is 5.75. The fraction of sp³-hybridized carbons (Fsp3) is 0.208.